The number of furan rings is 1. The number of aromatic nitrogens is 3. The highest BCUT2D eigenvalue weighted by Gasteiger charge is 2.14. The minimum atomic E-state index is -0.200. The van der Waals surface area contributed by atoms with Crippen LogP contribution >= 0.6 is 0 Å². The lowest BCUT2D eigenvalue weighted by molar-refractivity contribution is 0.0935. The van der Waals surface area contributed by atoms with Gasteiger partial charge in [-0.2, -0.15) is 0 Å². The highest BCUT2D eigenvalue weighted by Crippen LogP contribution is 2.16. The maximum Gasteiger partial charge on any atom is 0.253 e. The molecule has 1 unspecified atom stereocenters. The molecule has 1 amide bonds. The second kappa shape index (κ2) is 5.85. The molecule has 0 spiro atoms. The van der Waals surface area contributed by atoms with Crippen LogP contribution in [0.4, 0.5) is 0 Å². The van der Waals surface area contributed by atoms with Crippen molar-refractivity contribution in [3.05, 3.63) is 66.3 Å². The first-order chi connectivity index (χ1) is 10.6. The number of carbonyl (C=O) groups excluding carboxylic acids is 1. The van der Waals surface area contributed by atoms with Gasteiger partial charge in [0.2, 0.25) is 0 Å². The smallest absolute Gasteiger partial charge is 0.253 e. The van der Waals surface area contributed by atoms with E-state index in [4.69, 9.17) is 4.42 Å². The van der Waals surface area contributed by atoms with Gasteiger partial charge in [-0.1, -0.05) is 0 Å². The lowest BCUT2D eigenvalue weighted by Gasteiger charge is -2.11. The molecule has 3 rings (SSSR count). The first kappa shape index (κ1) is 14.1. The maximum atomic E-state index is 12.2. The lowest BCUT2D eigenvalue weighted by Crippen LogP contribution is -2.26. The highest BCUT2D eigenvalue weighted by molar-refractivity contribution is 5.94. The van der Waals surface area contributed by atoms with Crippen LogP contribution in [0.3, 0.4) is 0 Å². The molecule has 0 fully saturated rings. The Kier molecular flexibility index (Phi) is 3.74. The largest absolute Gasteiger partial charge is 0.464 e. The SMILES string of the molecule is Cc1ccc(C(C)NC(=O)c2ccc(-n3ccnc3)nc2)o1. The Balaban J connectivity index is 1.70. The van der Waals surface area contributed by atoms with Crippen LogP contribution in [0.1, 0.15) is 34.8 Å². The van der Waals surface area contributed by atoms with Gasteiger partial charge in [-0.15, -0.1) is 0 Å². The van der Waals surface area contributed by atoms with E-state index in [0.29, 0.717) is 11.4 Å². The summed E-state index contributed by atoms with van der Waals surface area (Å²) in [4.78, 5) is 20.5. The molecule has 0 saturated heterocycles. The Morgan fingerprint density at radius 1 is 1.32 bits per heavy atom. The van der Waals surface area contributed by atoms with Crippen LogP contribution in [0.2, 0.25) is 0 Å². The fraction of sp³-hybridized carbons (Fsp3) is 0.188. The molecule has 0 aliphatic carbocycles. The summed E-state index contributed by atoms with van der Waals surface area (Å²) in [5, 5.41) is 2.89. The molecule has 0 bridgehead atoms. The van der Waals surface area contributed by atoms with Gasteiger partial charge in [-0.3, -0.25) is 9.36 Å². The van der Waals surface area contributed by atoms with E-state index in [1.807, 2.05) is 26.0 Å². The number of rotatable bonds is 4. The van der Waals surface area contributed by atoms with Gasteiger partial charge < -0.3 is 9.73 Å². The zero-order valence-electron chi connectivity index (χ0n) is 12.4. The molecule has 0 radical (unpaired) electrons. The van der Waals surface area contributed by atoms with Crippen molar-refractivity contribution in [2.75, 3.05) is 0 Å². The van der Waals surface area contributed by atoms with Crippen molar-refractivity contribution >= 4 is 5.91 Å². The summed E-state index contributed by atoms with van der Waals surface area (Å²) in [5.74, 6) is 2.08. The summed E-state index contributed by atoms with van der Waals surface area (Å²) in [6.45, 7) is 3.75. The Hall–Kier alpha value is -2.89. The van der Waals surface area contributed by atoms with Crippen LogP contribution in [0, 0.1) is 6.92 Å². The number of nitrogens with zero attached hydrogens (tertiary/aromatic N) is 3. The summed E-state index contributed by atoms with van der Waals surface area (Å²) in [6.07, 6.45) is 6.67. The maximum absolute atomic E-state index is 12.2. The zero-order valence-corrected chi connectivity index (χ0v) is 12.4. The second-order valence-corrected chi connectivity index (χ2v) is 5.02. The van der Waals surface area contributed by atoms with Crippen LogP contribution in [0.5, 0.6) is 0 Å². The third kappa shape index (κ3) is 2.90. The van der Waals surface area contributed by atoms with E-state index in [1.165, 1.54) is 0 Å². The van der Waals surface area contributed by atoms with E-state index >= 15 is 0 Å². The van der Waals surface area contributed by atoms with Gasteiger partial charge in [0.05, 0.1) is 11.6 Å². The summed E-state index contributed by atoms with van der Waals surface area (Å²) in [7, 11) is 0. The molecule has 112 valence electrons. The van der Waals surface area contributed by atoms with Crippen molar-refractivity contribution in [1.82, 2.24) is 19.9 Å². The highest BCUT2D eigenvalue weighted by atomic mass is 16.3. The number of amides is 1. The Morgan fingerprint density at radius 3 is 2.77 bits per heavy atom. The zero-order chi connectivity index (χ0) is 15.5. The third-order valence-electron chi connectivity index (χ3n) is 3.31. The van der Waals surface area contributed by atoms with Gasteiger partial charge >= 0.3 is 0 Å². The lowest BCUT2D eigenvalue weighted by atomic mass is 10.2. The molecule has 22 heavy (non-hydrogen) atoms. The predicted molar refractivity (Wildman–Crippen MR) is 80.7 cm³/mol. The average molecular weight is 296 g/mol. The Morgan fingerprint density at radius 2 is 2.18 bits per heavy atom. The summed E-state index contributed by atoms with van der Waals surface area (Å²) >= 11 is 0. The molecule has 0 saturated carbocycles. The van der Waals surface area contributed by atoms with Crippen LogP contribution in [0.25, 0.3) is 5.82 Å². The molecular weight excluding hydrogens is 280 g/mol. The average Bonchev–Trinajstić information content (AvgIpc) is 3.18. The monoisotopic (exact) mass is 296 g/mol. The van der Waals surface area contributed by atoms with Crippen molar-refractivity contribution in [3.8, 4) is 5.82 Å². The minimum Gasteiger partial charge on any atom is -0.464 e. The number of aryl methyl sites for hydroxylation is 1. The first-order valence-corrected chi connectivity index (χ1v) is 6.95. The van der Waals surface area contributed by atoms with Crippen molar-refractivity contribution in [2.45, 2.75) is 19.9 Å². The van der Waals surface area contributed by atoms with Gasteiger partial charge in [0.25, 0.3) is 5.91 Å². The third-order valence-corrected chi connectivity index (χ3v) is 3.31. The van der Waals surface area contributed by atoms with Crippen LogP contribution in [-0.2, 0) is 0 Å². The quantitative estimate of drug-likeness (QED) is 0.803. The van der Waals surface area contributed by atoms with E-state index in [9.17, 15) is 4.79 Å². The first-order valence-electron chi connectivity index (χ1n) is 6.95. The van der Waals surface area contributed by atoms with Gasteiger partial charge in [-0.05, 0) is 38.1 Å². The van der Waals surface area contributed by atoms with Gasteiger partial charge in [0.15, 0.2) is 0 Å². The minimum absolute atomic E-state index is 0.189. The molecule has 0 aliphatic rings. The molecule has 3 aromatic heterocycles. The molecule has 6 heteroatoms. The molecular formula is C16H16N4O2. The fourth-order valence-electron chi connectivity index (χ4n) is 2.10. The standard InChI is InChI=1S/C16H16N4O2/c1-11-3-5-14(22-11)12(2)19-16(21)13-4-6-15(18-9-13)20-8-7-17-10-20/h3-10,12H,1-2H3,(H,19,21). The van der Waals surface area contributed by atoms with Gasteiger partial charge in [0, 0.05) is 18.6 Å². The van der Waals surface area contributed by atoms with Crippen molar-refractivity contribution in [2.24, 2.45) is 0 Å². The normalized spacial score (nSPS) is 12.1. The number of pyridine rings is 1. The number of imidazole rings is 1. The van der Waals surface area contributed by atoms with Gasteiger partial charge in [-0.25, -0.2) is 9.97 Å². The van der Waals surface area contributed by atoms with Gasteiger partial charge in [0.1, 0.15) is 23.7 Å². The predicted octanol–water partition coefficient (Wildman–Crippen LogP) is 2.66. The van der Waals surface area contributed by atoms with Crippen LogP contribution in [0.15, 0.2) is 53.6 Å². The van der Waals surface area contributed by atoms with Crippen LogP contribution < -0.4 is 5.32 Å². The topological polar surface area (TPSA) is 73.0 Å². The Labute approximate surface area is 127 Å². The summed E-state index contributed by atoms with van der Waals surface area (Å²) in [5.41, 5.74) is 0.499. The molecule has 3 aromatic rings. The molecule has 0 aromatic carbocycles. The van der Waals surface area contributed by atoms with Crippen molar-refractivity contribution in [1.29, 1.82) is 0 Å². The fourth-order valence-corrected chi connectivity index (χ4v) is 2.10. The number of hydrogen-bond acceptors (Lipinski definition) is 4. The van der Waals surface area contributed by atoms with Crippen molar-refractivity contribution < 1.29 is 9.21 Å². The molecule has 1 atom stereocenters. The second-order valence-electron chi connectivity index (χ2n) is 5.02. The van der Waals surface area contributed by atoms with E-state index in [0.717, 1.165) is 11.5 Å². The van der Waals surface area contributed by atoms with E-state index < -0.39 is 0 Å². The summed E-state index contributed by atoms with van der Waals surface area (Å²) in [6, 6.07) is 7.05. The molecule has 0 aliphatic heterocycles. The molecule has 6 nitrogen and oxygen atoms in total. The molecule has 1 N–H and O–H groups in total. The van der Waals surface area contributed by atoms with Crippen molar-refractivity contribution in [3.63, 3.8) is 0 Å². The summed E-state index contributed by atoms with van der Waals surface area (Å²) < 4.78 is 7.28. The number of carbonyl (C=O) groups is 1. The Bertz CT molecular complexity index is 760. The number of hydrogen-bond donors (Lipinski definition) is 1. The molecule has 3 heterocycles. The van der Waals surface area contributed by atoms with E-state index in [-0.39, 0.29) is 11.9 Å². The van der Waals surface area contributed by atoms with E-state index in [1.54, 1.807) is 41.6 Å². The number of nitrogens with one attached hydrogen (secondary N) is 1. The van der Waals surface area contributed by atoms with Crippen LogP contribution in [-0.4, -0.2) is 20.4 Å². The van der Waals surface area contributed by atoms with E-state index in [2.05, 4.69) is 15.3 Å².